The number of nitrogens with zero attached hydrogens (tertiary/aromatic N) is 1. The Labute approximate surface area is 469 Å². The van der Waals surface area contributed by atoms with Crippen molar-refractivity contribution in [1.29, 1.82) is 0 Å². The number of aliphatic imine (C=N–C) groups is 1. The van der Waals surface area contributed by atoms with Crippen molar-refractivity contribution in [3.63, 3.8) is 0 Å². The molecule has 0 spiro atoms. The smallest absolute Gasteiger partial charge is 0.224 e. The molecule has 0 fully saturated rings. The summed E-state index contributed by atoms with van der Waals surface area (Å²) in [5.74, 6) is -7.67. The van der Waals surface area contributed by atoms with Gasteiger partial charge in [0.1, 0.15) is 23.3 Å². The van der Waals surface area contributed by atoms with E-state index in [-0.39, 0.29) is 111 Å². The number of sulfone groups is 1. The Morgan fingerprint density at radius 1 is 0.700 bits per heavy atom. The fraction of sp³-hybridized carbons (Fsp3) is 0.526. The highest BCUT2D eigenvalue weighted by Gasteiger charge is 2.33. The molecule has 80 heavy (non-hydrogen) atoms. The molecule has 23 heteroatoms. The van der Waals surface area contributed by atoms with Gasteiger partial charge in [-0.3, -0.25) is 48.1 Å². The van der Waals surface area contributed by atoms with Crippen LogP contribution in [0.15, 0.2) is 71.1 Å². The zero-order valence-corrected chi connectivity index (χ0v) is 48.2. The maximum Gasteiger partial charge on any atom is 0.224 e. The number of hydrogen-bond donors (Lipinski definition) is 9. The predicted octanol–water partition coefficient (Wildman–Crippen LogP) is 3.33. The van der Waals surface area contributed by atoms with E-state index < -0.39 is 99.2 Å². The van der Waals surface area contributed by atoms with Gasteiger partial charge in [-0.2, -0.15) is 0 Å². The van der Waals surface area contributed by atoms with Crippen molar-refractivity contribution in [3.8, 4) is 11.5 Å². The molecule has 2 rings (SSSR count). The molecular formula is C57H83N7O15S. The van der Waals surface area contributed by atoms with E-state index in [1.807, 2.05) is 13.8 Å². The molecule has 22 nitrogen and oxygen atoms in total. The van der Waals surface area contributed by atoms with Crippen LogP contribution in [0.2, 0.25) is 0 Å². The normalized spacial score (nSPS) is 14.1. The third-order valence-corrected chi connectivity index (χ3v) is 13.2. The first-order valence-electron chi connectivity index (χ1n) is 26.3. The van der Waals surface area contributed by atoms with Gasteiger partial charge in [-0.15, -0.1) is 0 Å². The number of carbonyl (C=O) groups is 10. The topological polar surface area (TPSA) is 392 Å². The molecule has 0 unspecified atom stereocenters. The first-order valence-corrected chi connectivity index (χ1v) is 28.2. The zero-order chi connectivity index (χ0) is 61.0. The quantitative estimate of drug-likeness (QED) is 0.0157. The number of phenols is 2. The summed E-state index contributed by atoms with van der Waals surface area (Å²) in [5.41, 5.74) is 17.6. The number of phenolic OH excluding ortho intramolecular Hbond substituents is 2. The third kappa shape index (κ3) is 29.0. The second kappa shape index (κ2) is 35.3. The summed E-state index contributed by atoms with van der Waals surface area (Å²) in [6, 6.07) is 7.61. The van der Waals surface area contributed by atoms with Crippen LogP contribution in [0, 0.1) is 42.4 Å². The fourth-order valence-corrected chi connectivity index (χ4v) is 8.90. The lowest BCUT2D eigenvalue weighted by molar-refractivity contribution is -0.134. The van der Waals surface area contributed by atoms with Crippen LogP contribution in [-0.2, 0) is 59.4 Å². The molecular weight excluding hydrogens is 1050 g/mol. The summed E-state index contributed by atoms with van der Waals surface area (Å²) in [5, 5.41) is 38.1. The minimum Gasteiger partial charge on any atom is -0.508 e. The summed E-state index contributed by atoms with van der Waals surface area (Å²) >= 11 is 0. The molecule has 442 valence electrons. The number of allylic oxidation sites excluding steroid dienone is 3. The van der Waals surface area contributed by atoms with Crippen molar-refractivity contribution < 1.29 is 71.7 Å². The molecule has 7 atom stereocenters. The number of aliphatic hydroxyl groups excluding tert-OH is 1. The lowest BCUT2D eigenvalue weighted by Gasteiger charge is -2.25. The minimum atomic E-state index is -3.53. The van der Waals surface area contributed by atoms with Gasteiger partial charge in [0.15, 0.2) is 44.7 Å². The van der Waals surface area contributed by atoms with E-state index in [4.69, 9.17) is 17.2 Å². The zero-order valence-electron chi connectivity index (χ0n) is 47.4. The Hall–Kier alpha value is -7.40. The van der Waals surface area contributed by atoms with Crippen molar-refractivity contribution >= 4 is 74.1 Å². The van der Waals surface area contributed by atoms with Gasteiger partial charge in [0, 0.05) is 86.6 Å². The number of carbonyl (C=O) groups excluding carboxylic acids is 10. The first-order chi connectivity index (χ1) is 37.2. The molecule has 0 aliphatic carbocycles. The molecule has 0 aliphatic rings. The van der Waals surface area contributed by atoms with E-state index in [2.05, 4.69) is 20.9 Å². The van der Waals surface area contributed by atoms with E-state index >= 15 is 0 Å². The number of primary amides is 1. The van der Waals surface area contributed by atoms with E-state index in [0.29, 0.717) is 23.1 Å². The predicted molar refractivity (Wildman–Crippen MR) is 302 cm³/mol. The summed E-state index contributed by atoms with van der Waals surface area (Å²) in [6.07, 6.45) is 4.89. The summed E-state index contributed by atoms with van der Waals surface area (Å²) in [6.45, 7) is 12.4. The lowest BCUT2D eigenvalue weighted by atomic mass is 9.86. The van der Waals surface area contributed by atoms with Gasteiger partial charge < -0.3 is 53.3 Å². The van der Waals surface area contributed by atoms with Crippen LogP contribution in [0.25, 0.3) is 0 Å². The molecule has 0 bridgehead atoms. The van der Waals surface area contributed by atoms with Crippen molar-refractivity contribution in [1.82, 2.24) is 16.0 Å². The highest BCUT2D eigenvalue weighted by molar-refractivity contribution is 7.93. The Kier molecular flexibility index (Phi) is 31.1. The number of benzene rings is 2. The number of ketones is 6. The molecule has 0 heterocycles. The second-order valence-corrected chi connectivity index (χ2v) is 22.8. The van der Waals surface area contributed by atoms with Crippen LogP contribution in [0.4, 0.5) is 0 Å². The number of aromatic hydroxyl groups is 2. The number of rotatable bonds is 35. The summed E-state index contributed by atoms with van der Waals surface area (Å²) in [4.78, 5) is 129. The molecule has 0 aliphatic heterocycles. The molecule has 0 radical (unpaired) electrons. The molecule has 2 aromatic rings. The number of nitrogens with one attached hydrogen (secondary N) is 3. The van der Waals surface area contributed by atoms with Crippen LogP contribution in [0.5, 0.6) is 11.5 Å². The van der Waals surface area contributed by atoms with Gasteiger partial charge in [-0.25, -0.2) is 8.42 Å². The van der Waals surface area contributed by atoms with E-state index in [0.717, 1.165) is 11.7 Å². The highest BCUT2D eigenvalue weighted by atomic mass is 32.2. The van der Waals surface area contributed by atoms with Crippen molar-refractivity contribution in [2.75, 3.05) is 19.4 Å². The average molecular weight is 1140 g/mol. The SMILES string of the molecule is CC(=O)/C=C/[C@H](CC(C)=O)CC(=O)[C@H](CO)NC(=O)[C@@H](CC(=O)c1cccc(O)c1C)C(C)C.CC(=O)N[C@@H](Cc1ccc(O)cc1)C(=O)C[C@@H](CCCN=C(N)N)C(=O)N[C@@H](CC(C)C)C(=O)C[C@H](/C=C/S(C)(=O)=O)CC(N)=O. The van der Waals surface area contributed by atoms with Gasteiger partial charge in [0.05, 0.1) is 18.7 Å². The second-order valence-electron chi connectivity index (χ2n) is 20.9. The van der Waals surface area contributed by atoms with Gasteiger partial charge in [0.2, 0.25) is 23.6 Å². The molecule has 2 aromatic carbocycles. The van der Waals surface area contributed by atoms with Crippen LogP contribution in [0.3, 0.4) is 0 Å². The largest absolute Gasteiger partial charge is 0.508 e. The first kappa shape index (κ1) is 70.6. The molecule has 4 amide bonds. The number of amides is 4. The number of guanidine groups is 1. The van der Waals surface area contributed by atoms with E-state index in [9.17, 15) is 71.7 Å². The Morgan fingerprint density at radius 3 is 1.79 bits per heavy atom. The number of nitrogens with two attached hydrogens (primary N) is 3. The van der Waals surface area contributed by atoms with Crippen LogP contribution in [-0.4, -0.2) is 126 Å². The minimum absolute atomic E-state index is 0.0127. The maximum absolute atomic E-state index is 13.7. The number of hydrogen-bond acceptors (Lipinski definition) is 16. The van der Waals surface area contributed by atoms with Gasteiger partial charge >= 0.3 is 0 Å². The molecule has 0 saturated heterocycles. The summed E-state index contributed by atoms with van der Waals surface area (Å²) in [7, 11) is -3.53. The average Bonchev–Trinajstić information content (AvgIpc) is 3.34. The fourth-order valence-electron chi connectivity index (χ4n) is 8.39. The van der Waals surface area contributed by atoms with Gasteiger partial charge in [-0.05, 0) is 100.0 Å². The molecule has 12 N–H and O–H groups in total. The Balaban J connectivity index is 0.000000837. The lowest BCUT2D eigenvalue weighted by Crippen LogP contribution is -2.47. The van der Waals surface area contributed by atoms with Gasteiger partial charge in [-0.1, -0.05) is 64.1 Å². The van der Waals surface area contributed by atoms with E-state index in [1.165, 1.54) is 57.2 Å². The monoisotopic (exact) mass is 1140 g/mol. The molecule has 0 aromatic heterocycles. The van der Waals surface area contributed by atoms with Crippen molar-refractivity contribution in [2.45, 2.75) is 138 Å². The standard InChI is InChI=1S/C31H48N6O8S.C26H35NO7/c1-19(2)14-25(27(40)16-22(17-29(32)42)11-13-46(4,44)45)37-30(43)23(6-5-12-35-31(33)34)18-28(41)26(36-20(3)38)15-21-7-9-24(39)10-8-21;1-15(2)21(13-24(32)20-7-6-8-23(31)18(20)5)26(34)27-22(14-28)25(33)12-19(11-17(4)30)10-9-16(3)29/h7-11,13,19,22-23,25-26,39H,5-6,12,14-18H2,1-4H3,(H2,32,42)(H,36,38)(H,37,43)(H4,33,34,35);6-10,15,19,21-22,28,31H,11-14H2,1-5H3,(H,27,34)/b13-11+;10-9+/t22-,23+,25-,26-;19-,21+,22+/m01/s1. The third-order valence-electron chi connectivity index (χ3n) is 12.6. The Morgan fingerprint density at radius 2 is 1.27 bits per heavy atom. The maximum atomic E-state index is 13.7. The highest BCUT2D eigenvalue weighted by Crippen LogP contribution is 2.26. The number of aliphatic hydroxyl groups is 1. The number of Topliss-reactive ketones (excluding diaryl/α,β-unsaturated/α-hetero) is 5. The van der Waals surface area contributed by atoms with Crippen LogP contribution < -0.4 is 33.2 Å². The van der Waals surface area contributed by atoms with Crippen molar-refractivity contribution in [3.05, 3.63) is 82.8 Å². The van der Waals surface area contributed by atoms with Crippen LogP contribution >= 0.6 is 0 Å². The van der Waals surface area contributed by atoms with Crippen LogP contribution in [0.1, 0.15) is 128 Å². The summed E-state index contributed by atoms with van der Waals surface area (Å²) < 4.78 is 23.3. The van der Waals surface area contributed by atoms with Gasteiger partial charge in [0.25, 0.3) is 0 Å². The Bertz CT molecular complexity index is 2680. The molecule has 0 saturated carbocycles. The van der Waals surface area contributed by atoms with Crippen molar-refractivity contribution in [2.24, 2.45) is 57.7 Å². The van der Waals surface area contributed by atoms with E-state index in [1.54, 1.807) is 45.0 Å².